The number of rotatable bonds is 0. The number of ketones is 1. The summed E-state index contributed by atoms with van der Waals surface area (Å²) in [6, 6.07) is 0. The maximum absolute atomic E-state index is 11.0. The van der Waals surface area contributed by atoms with Crippen molar-refractivity contribution in [2.45, 2.75) is 25.7 Å². The Balaban J connectivity index is 2.58. The lowest BCUT2D eigenvalue weighted by Crippen LogP contribution is -2.17. The summed E-state index contributed by atoms with van der Waals surface area (Å²) in [7, 11) is -2.90. The molecular weight excluding hydrogens is 164 g/mol. The zero-order chi connectivity index (χ0) is 8.32. The molecule has 0 aliphatic carbocycles. The van der Waals surface area contributed by atoms with Gasteiger partial charge in [-0.3, -0.25) is 4.79 Å². The van der Waals surface area contributed by atoms with Gasteiger partial charge in [0.2, 0.25) is 0 Å². The fraction of sp³-hybridized carbons (Fsp3) is 0.857. The molecule has 0 aromatic rings. The van der Waals surface area contributed by atoms with Crippen molar-refractivity contribution < 1.29 is 13.2 Å². The minimum Gasteiger partial charge on any atom is -0.300 e. The average molecular weight is 176 g/mol. The number of Topliss-reactive ketones (excluding diaryl/α,β-unsaturated/α-hetero) is 1. The molecule has 0 aromatic carbocycles. The summed E-state index contributed by atoms with van der Waals surface area (Å²) in [5.74, 6) is 0.417. The molecule has 0 aromatic heterocycles. The van der Waals surface area contributed by atoms with E-state index in [4.69, 9.17) is 0 Å². The molecule has 0 amide bonds. The summed E-state index contributed by atoms with van der Waals surface area (Å²) >= 11 is 0. The van der Waals surface area contributed by atoms with Gasteiger partial charge in [0.15, 0.2) is 9.84 Å². The maximum atomic E-state index is 11.0. The van der Waals surface area contributed by atoms with Crippen molar-refractivity contribution >= 4 is 15.6 Å². The monoisotopic (exact) mass is 176 g/mol. The molecule has 11 heavy (non-hydrogen) atoms. The van der Waals surface area contributed by atoms with Crippen molar-refractivity contribution in [3.8, 4) is 0 Å². The molecule has 1 aliphatic rings. The minimum absolute atomic E-state index is 0.0613. The molecule has 1 rings (SSSR count). The van der Waals surface area contributed by atoms with E-state index in [1.54, 1.807) is 0 Å². The Morgan fingerprint density at radius 2 is 1.73 bits per heavy atom. The van der Waals surface area contributed by atoms with Crippen molar-refractivity contribution in [1.82, 2.24) is 0 Å². The van der Waals surface area contributed by atoms with Crippen LogP contribution in [0.5, 0.6) is 0 Å². The first-order valence-electron chi connectivity index (χ1n) is 3.82. The first kappa shape index (κ1) is 8.71. The lowest BCUT2D eigenvalue weighted by atomic mass is 10.1. The fourth-order valence-electron chi connectivity index (χ4n) is 1.14. The smallest absolute Gasteiger partial charge is 0.150 e. The predicted octanol–water partition coefficient (Wildman–Crippen LogP) is 0.544. The molecule has 3 nitrogen and oxygen atoms in total. The van der Waals surface area contributed by atoms with Gasteiger partial charge in [-0.25, -0.2) is 8.42 Å². The second-order valence-corrected chi connectivity index (χ2v) is 5.20. The highest BCUT2D eigenvalue weighted by Gasteiger charge is 2.16. The van der Waals surface area contributed by atoms with Crippen LogP contribution in [-0.4, -0.2) is 25.7 Å². The van der Waals surface area contributed by atoms with Gasteiger partial charge in [-0.05, 0) is 12.8 Å². The molecule has 0 spiro atoms. The molecule has 1 fully saturated rings. The Kier molecular flexibility index (Phi) is 2.65. The van der Waals surface area contributed by atoms with E-state index in [9.17, 15) is 13.2 Å². The van der Waals surface area contributed by atoms with Crippen LogP contribution in [0, 0.1) is 0 Å². The Hall–Kier alpha value is -0.380. The van der Waals surface area contributed by atoms with Crippen LogP contribution in [0.1, 0.15) is 25.7 Å². The van der Waals surface area contributed by atoms with Crippen LogP contribution in [-0.2, 0) is 14.6 Å². The van der Waals surface area contributed by atoms with Gasteiger partial charge in [0.25, 0.3) is 0 Å². The van der Waals surface area contributed by atoms with Crippen LogP contribution in [0.15, 0.2) is 0 Å². The number of sulfone groups is 1. The summed E-state index contributed by atoms with van der Waals surface area (Å²) in [5, 5.41) is 0. The molecule has 0 N–H and O–H groups in total. The molecule has 0 saturated carbocycles. The highest BCUT2D eigenvalue weighted by Crippen LogP contribution is 2.08. The summed E-state index contributed by atoms with van der Waals surface area (Å²) < 4.78 is 22.0. The van der Waals surface area contributed by atoms with Crippen LogP contribution in [0.2, 0.25) is 0 Å². The molecular formula is C7H12O3S. The molecule has 0 atom stereocenters. The normalized spacial score (nSPS) is 25.6. The predicted molar refractivity (Wildman–Crippen MR) is 42.1 cm³/mol. The minimum atomic E-state index is -2.90. The molecule has 0 bridgehead atoms. The molecule has 1 saturated heterocycles. The van der Waals surface area contributed by atoms with E-state index in [2.05, 4.69) is 0 Å². The van der Waals surface area contributed by atoms with Crippen molar-refractivity contribution in [3.05, 3.63) is 0 Å². The van der Waals surface area contributed by atoms with Crippen LogP contribution in [0.3, 0.4) is 0 Å². The molecule has 4 heteroatoms. The topological polar surface area (TPSA) is 51.2 Å². The third-order valence-corrected chi connectivity index (χ3v) is 3.59. The van der Waals surface area contributed by atoms with Crippen LogP contribution in [0.25, 0.3) is 0 Å². The summed E-state index contributed by atoms with van der Waals surface area (Å²) in [5.41, 5.74) is 0. The van der Waals surface area contributed by atoms with E-state index in [-0.39, 0.29) is 23.7 Å². The standard InChI is InChI=1S/C7H12O3S/c8-7-3-1-2-5-11(9,10)6-4-7/h1-6H2. The van der Waals surface area contributed by atoms with Gasteiger partial charge in [-0.2, -0.15) is 0 Å². The number of hydrogen-bond donors (Lipinski definition) is 0. The Morgan fingerprint density at radius 3 is 2.45 bits per heavy atom. The van der Waals surface area contributed by atoms with Crippen LogP contribution >= 0.6 is 0 Å². The third kappa shape index (κ3) is 3.01. The second-order valence-electron chi connectivity index (χ2n) is 2.90. The summed E-state index contributed by atoms with van der Waals surface area (Å²) in [6.45, 7) is 0. The van der Waals surface area contributed by atoms with E-state index >= 15 is 0 Å². The first-order chi connectivity index (χ1) is 5.10. The quantitative estimate of drug-likeness (QED) is 0.541. The van der Waals surface area contributed by atoms with Gasteiger partial charge >= 0.3 is 0 Å². The van der Waals surface area contributed by atoms with E-state index < -0.39 is 9.84 Å². The summed E-state index contributed by atoms with van der Waals surface area (Å²) in [4.78, 5) is 10.9. The lowest BCUT2D eigenvalue weighted by molar-refractivity contribution is -0.118. The van der Waals surface area contributed by atoms with Crippen LogP contribution in [0.4, 0.5) is 0 Å². The van der Waals surface area contributed by atoms with Crippen molar-refractivity contribution in [3.63, 3.8) is 0 Å². The Morgan fingerprint density at radius 1 is 1.00 bits per heavy atom. The molecule has 0 radical (unpaired) electrons. The Bertz CT molecular complexity index is 240. The van der Waals surface area contributed by atoms with Gasteiger partial charge in [-0.15, -0.1) is 0 Å². The van der Waals surface area contributed by atoms with Crippen molar-refractivity contribution in [2.75, 3.05) is 11.5 Å². The zero-order valence-corrected chi connectivity index (χ0v) is 7.19. The van der Waals surface area contributed by atoms with Gasteiger partial charge in [0.1, 0.15) is 5.78 Å². The van der Waals surface area contributed by atoms with Crippen molar-refractivity contribution in [1.29, 1.82) is 0 Å². The lowest BCUT2D eigenvalue weighted by Gasteiger charge is -2.07. The first-order valence-corrected chi connectivity index (χ1v) is 5.64. The molecule has 1 heterocycles. The average Bonchev–Trinajstić information content (AvgIpc) is 1.92. The van der Waals surface area contributed by atoms with Gasteiger partial charge in [-0.1, -0.05) is 0 Å². The van der Waals surface area contributed by atoms with Gasteiger partial charge in [0.05, 0.1) is 11.5 Å². The maximum Gasteiger partial charge on any atom is 0.150 e. The Labute approximate surface area is 66.7 Å². The van der Waals surface area contributed by atoms with E-state index in [0.29, 0.717) is 12.8 Å². The highest BCUT2D eigenvalue weighted by atomic mass is 32.2. The largest absolute Gasteiger partial charge is 0.300 e. The third-order valence-electron chi connectivity index (χ3n) is 1.85. The van der Waals surface area contributed by atoms with Gasteiger partial charge < -0.3 is 0 Å². The highest BCUT2D eigenvalue weighted by molar-refractivity contribution is 7.91. The number of hydrogen-bond acceptors (Lipinski definition) is 3. The fourth-order valence-corrected chi connectivity index (χ4v) is 2.53. The number of carbonyl (C=O) groups excluding carboxylic acids is 1. The van der Waals surface area contributed by atoms with Crippen LogP contribution < -0.4 is 0 Å². The molecule has 1 aliphatic heterocycles. The van der Waals surface area contributed by atoms with E-state index in [0.717, 1.165) is 6.42 Å². The molecule has 0 unspecified atom stereocenters. The molecule has 64 valence electrons. The van der Waals surface area contributed by atoms with Crippen molar-refractivity contribution in [2.24, 2.45) is 0 Å². The van der Waals surface area contributed by atoms with E-state index in [1.165, 1.54) is 0 Å². The second kappa shape index (κ2) is 3.34. The zero-order valence-electron chi connectivity index (χ0n) is 6.38. The van der Waals surface area contributed by atoms with Gasteiger partial charge in [0, 0.05) is 12.8 Å². The summed E-state index contributed by atoms with van der Waals surface area (Å²) in [6.07, 6.45) is 2.17. The van der Waals surface area contributed by atoms with E-state index in [1.807, 2.05) is 0 Å². The SMILES string of the molecule is O=C1CCCCS(=O)(=O)CC1. The number of carbonyl (C=O) groups is 1.